The summed E-state index contributed by atoms with van der Waals surface area (Å²) >= 11 is 12.9. The number of H-pyrrole nitrogens is 1. The third-order valence-corrected chi connectivity index (χ3v) is 8.24. The van der Waals surface area contributed by atoms with Crippen LogP contribution in [0.4, 0.5) is 0 Å². The van der Waals surface area contributed by atoms with Crippen molar-refractivity contribution in [1.29, 1.82) is 0 Å². The van der Waals surface area contributed by atoms with Crippen molar-refractivity contribution >= 4 is 69.1 Å². The molecule has 5 N–H and O–H groups in total. The van der Waals surface area contributed by atoms with E-state index in [9.17, 15) is 13.2 Å². The van der Waals surface area contributed by atoms with Crippen LogP contribution in [-0.4, -0.2) is 78.0 Å². The van der Waals surface area contributed by atoms with E-state index in [-0.39, 0.29) is 68.0 Å². The summed E-state index contributed by atoms with van der Waals surface area (Å²) in [5.41, 5.74) is 1.51. The molecule has 1 aliphatic heterocycles. The summed E-state index contributed by atoms with van der Waals surface area (Å²) in [4.78, 5) is 22.9. The first-order valence-corrected chi connectivity index (χ1v) is 15.4. The molecule has 2 aromatic carbocycles. The van der Waals surface area contributed by atoms with Crippen molar-refractivity contribution in [3.63, 3.8) is 0 Å². The highest BCUT2D eigenvalue weighted by Gasteiger charge is 2.24. The number of aromatic amines is 1. The van der Waals surface area contributed by atoms with Gasteiger partial charge in [-0.1, -0.05) is 49.2 Å². The summed E-state index contributed by atoms with van der Waals surface area (Å²) in [5, 5.41) is 10.2. The zero-order valence-electron chi connectivity index (χ0n) is 23.9. The van der Waals surface area contributed by atoms with E-state index in [0.29, 0.717) is 29.9 Å². The number of benzene rings is 2. The van der Waals surface area contributed by atoms with E-state index in [4.69, 9.17) is 42.8 Å². The van der Waals surface area contributed by atoms with E-state index < -0.39 is 10.0 Å². The van der Waals surface area contributed by atoms with Gasteiger partial charge in [0.1, 0.15) is 29.3 Å². The van der Waals surface area contributed by atoms with Gasteiger partial charge in [0.15, 0.2) is 5.65 Å². The Labute approximate surface area is 277 Å². The summed E-state index contributed by atoms with van der Waals surface area (Å²) in [6.45, 7) is 8.54. The van der Waals surface area contributed by atoms with Crippen LogP contribution in [0, 0.1) is 0 Å². The quantitative estimate of drug-likeness (QED) is 0.265. The number of morpholine rings is 1. The maximum absolute atomic E-state index is 13.3. The molecule has 0 saturated carbocycles. The molecule has 2 aromatic heterocycles. The maximum atomic E-state index is 13.3. The standard InChI is InChI=1S/C27H30Cl2N6O5S.2ClH.H2O/c1-16(2)24-23-26(35(33-24)25-20(28)14-19(15-21(25)29)41(30,37)38)31-22(32-27(23)36)13-17-3-5-18(6-4-17)40-12-9-34-7-10-39-11-8-34;;;/h3-6,14-16H,7-13H2,1-2H3,(H2,30,37,38)(H,31,32,36);2*1H;1H2. The van der Waals surface area contributed by atoms with E-state index in [2.05, 4.69) is 15.0 Å². The Morgan fingerprint density at radius 2 is 1.70 bits per heavy atom. The van der Waals surface area contributed by atoms with Gasteiger partial charge < -0.3 is 19.9 Å². The predicted octanol–water partition coefficient (Wildman–Crippen LogP) is 3.51. The molecule has 3 heterocycles. The number of aromatic nitrogens is 4. The average Bonchev–Trinajstić information content (AvgIpc) is 3.29. The fourth-order valence-electron chi connectivity index (χ4n) is 4.66. The van der Waals surface area contributed by atoms with Crippen molar-refractivity contribution in [3.8, 4) is 11.4 Å². The molecule has 0 unspecified atom stereocenters. The van der Waals surface area contributed by atoms with Gasteiger partial charge in [-0.3, -0.25) is 9.69 Å². The number of hydrogen-bond acceptors (Lipinski definition) is 8. The molecule has 5 rings (SSSR count). The average molecular weight is 712 g/mol. The zero-order chi connectivity index (χ0) is 29.3. The lowest BCUT2D eigenvalue weighted by Gasteiger charge is -2.26. The van der Waals surface area contributed by atoms with Crippen LogP contribution in [0.5, 0.6) is 5.75 Å². The number of rotatable bonds is 9. The zero-order valence-corrected chi connectivity index (χ0v) is 27.8. The van der Waals surface area contributed by atoms with Crippen LogP contribution < -0.4 is 15.4 Å². The number of nitrogens with two attached hydrogens (primary N) is 1. The molecule has 242 valence electrons. The van der Waals surface area contributed by atoms with Gasteiger partial charge in [-0.05, 0) is 35.7 Å². The first-order valence-electron chi connectivity index (χ1n) is 13.1. The summed E-state index contributed by atoms with van der Waals surface area (Å²) in [7, 11) is -4.04. The number of halogens is 4. The van der Waals surface area contributed by atoms with Crippen LogP contribution in [0.1, 0.15) is 36.8 Å². The minimum atomic E-state index is -4.04. The van der Waals surface area contributed by atoms with Gasteiger partial charge in [0.05, 0.1) is 33.8 Å². The molecule has 0 atom stereocenters. The van der Waals surface area contributed by atoms with Gasteiger partial charge in [-0.15, -0.1) is 24.8 Å². The Morgan fingerprint density at radius 1 is 1.09 bits per heavy atom. The second-order valence-corrected chi connectivity index (χ2v) is 12.4. The predicted molar refractivity (Wildman–Crippen MR) is 175 cm³/mol. The molecule has 0 radical (unpaired) electrons. The number of fused-ring (bicyclic) bond motifs is 1. The smallest absolute Gasteiger partial charge is 0.262 e. The van der Waals surface area contributed by atoms with Gasteiger partial charge in [-0.25, -0.2) is 23.2 Å². The van der Waals surface area contributed by atoms with Gasteiger partial charge in [0, 0.05) is 26.1 Å². The molecule has 12 nitrogen and oxygen atoms in total. The topological polar surface area (TPSA) is 177 Å². The minimum absolute atomic E-state index is 0. The lowest BCUT2D eigenvalue weighted by molar-refractivity contribution is 0.0322. The molecule has 0 amide bonds. The maximum Gasteiger partial charge on any atom is 0.262 e. The van der Waals surface area contributed by atoms with Crippen molar-refractivity contribution < 1.29 is 23.4 Å². The molecule has 44 heavy (non-hydrogen) atoms. The number of hydrogen-bond donors (Lipinski definition) is 2. The SMILES string of the molecule is CC(C)c1nn(-c2c(Cl)cc(S(N)(=O)=O)cc2Cl)c2nc(Cc3ccc(OCCN4CCOCC4)cc3)[nH]c(=O)c12.Cl.Cl.O. The van der Waals surface area contributed by atoms with Crippen LogP contribution >= 0.6 is 48.0 Å². The van der Waals surface area contributed by atoms with E-state index in [1.54, 1.807) is 0 Å². The van der Waals surface area contributed by atoms with Crippen molar-refractivity contribution in [2.75, 3.05) is 39.5 Å². The lowest BCUT2D eigenvalue weighted by Crippen LogP contribution is -2.38. The second kappa shape index (κ2) is 15.7. The van der Waals surface area contributed by atoms with E-state index in [0.717, 1.165) is 44.2 Å². The summed E-state index contributed by atoms with van der Waals surface area (Å²) < 4.78 is 36.4. The Bertz CT molecular complexity index is 1720. The second-order valence-electron chi connectivity index (χ2n) is 10.1. The summed E-state index contributed by atoms with van der Waals surface area (Å²) in [6.07, 6.45) is 0.341. The minimum Gasteiger partial charge on any atom is -0.492 e. The number of primary sulfonamides is 1. The van der Waals surface area contributed by atoms with E-state index in [1.165, 1.54) is 16.8 Å². The molecule has 0 aliphatic carbocycles. The van der Waals surface area contributed by atoms with Crippen molar-refractivity contribution in [2.45, 2.75) is 31.1 Å². The normalized spacial score (nSPS) is 13.7. The Kier molecular flexibility index (Phi) is 13.5. The largest absolute Gasteiger partial charge is 0.492 e. The molecule has 0 bridgehead atoms. The van der Waals surface area contributed by atoms with Crippen molar-refractivity contribution in [2.24, 2.45) is 5.14 Å². The van der Waals surface area contributed by atoms with Crippen molar-refractivity contribution in [1.82, 2.24) is 24.6 Å². The van der Waals surface area contributed by atoms with E-state index >= 15 is 0 Å². The molecular weight excluding hydrogens is 678 g/mol. The Hall–Kier alpha value is -2.46. The third kappa shape index (κ3) is 8.42. The highest BCUT2D eigenvalue weighted by atomic mass is 35.5. The molecule has 1 aliphatic rings. The van der Waals surface area contributed by atoms with Gasteiger partial charge in [0.2, 0.25) is 10.0 Å². The number of nitrogens with one attached hydrogen (secondary N) is 1. The summed E-state index contributed by atoms with van der Waals surface area (Å²) in [6, 6.07) is 10.0. The van der Waals surface area contributed by atoms with Crippen LogP contribution in [0.3, 0.4) is 0 Å². The first-order chi connectivity index (χ1) is 19.5. The lowest BCUT2D eigenvalue weighted by atomic mass is 10.1. The third-order valence-electron chi connectivity index (χ3n) is 6.77. The van der Waals surface area contributed by atoms with Crippen LogP contribution in [0.2, 0.25) is 10.0 Å². The Morgan fingerprint density at radius 3 is 2.27 bits per heavy atom. The van der Waals surface area contributed by atoms with Crippen LogP contribution in [-0.2, 0) is 21.2 Å². The number of nitrogens with zero attached hydrogens (tertiary/aromatic N) is 4. The van der Waals surface area contributed by atoms with Gasteiger partial charge in [-0.2, -0.15) is 5.10 Å². The highest BCUT2D eigenvalue weighted by Crippen LogP contribution is 2.34. The number of ether oxygens (including phenoxy) is 2. The van der Waals surface area contributed by atoms with Crippen LogP contribution in [0.15, 0.2) is 46.1 Å². The van der Waals surface area contributed by atoms with Gasteiger partial charge in [0.25, 0.3) is 5.56 Å². The molecule has 0 spiro atoms. The Balaban J connectivity index is 0.00000225. The fraction of sp³-hybridized carbons (Fsp3) is 0.370. The first kappa shape index (κ1) is 37.7. The van der Waals surface area contributed by atoms with Crippen LogP contribution in [0.25, 0.3) is 16.7 Å². The van der Waals surface area contributed by atoms with E-state index in [1.807, 2.05) is 38.1 Å². The molecule has 1 saturated heterocycles. The summed E-state index contributed by atoms with van der Waals surface area (Å²) in [5.74, 6) is 1.05. The number of sulfonamides is 1. The molecule has 17 heteroatoms. The molecular formula is C27H34Cl4N6O6S. The highest BCUT2D eigenvalue weighted by molar-refractivity contribution is 7.89. The van der Waals surface area contributed by atoms with Crippen molar-refractivity contribution in [3.05, 3.63) is 73.9 Å². The fourth-order valence-corrected chi connectivity index (χ4v) is 6.00. The molecule has 4 aromatic rings. The van der Waals surface area contributed by atoms with Gasteiger partial charge >= 0.3 is 0 Å². The monoisotopic (exact) mass is 710 g/mol. The molecule has 1 fully saturated rings.